The fraction of sp³-hybridized carbons (Fsp3) is 0.286. The second-order valence-corrected chi connectivity index (χ2v) is 9.37. The highest BCUT2D eigenvalue weighted by Gasteiger charge is 2.24. The Morgan fingerprint density at radius 3 is 2.42 bits per heavy atom. The zero-order valence-corrected chi connectivity index (χ0v) is 20.4. The van der Waals surface area contributed by atoms with E-state index in [0.717, 1.165) is 60.7 Å². The average Bonchev–Trinajstić information content (AvgIpc) is 3.25. The van der Waals surface area contributed by atoms with Crippen molar-refractivity contribution in [1.29, 1.82) is 0 Å². The first-order valence-corrected chi connectivity index (χ1v) is 12.3. The number of nitrogens with one attached hydrogen (secondary N) is 3. The maximum Gasteiger partial charge on any atom is 0.323 e. The largest absolute Gasteiger partial charge is 0.457 e. The third-order valence-electron chi connectivity index (χ3n) is 6.68. The van der Waals surface area contributed by atoms with E-state index >= 15 is 0 Å². The van der Waals surface area contributed by atoms with Crippen LogP contribution in [-0.2, 0) is 11.3 Å². The molecule has 5 rings (SSSR count). The van der Waals surface area contributed by atoms with Crippen molar-refractivity contribution in [3.63, 3.8) is 0 Å². The molecule has 1 aliphatic rings. The van der Waals surface area contributed by atoms with Gasteiger partial charge in [-0.25, -0.2) is 4.79 Å². The molecule has 36 heavy (non-hydrogen) atoms. The predicted molar refractivity (Wildman–Crippen MR) is 141 cm³/mol. The van der Waals surface area contributed by atoms with Crippen LogP contribution >= 0.6 is 0 Å². The molecule has 8 heteroatoms. The topological polar surface area (TPSA) is 93.5 Å². The summed E-state index contributed by atoms with van der Waals surface area (Å²) in [6.45, 7) is 3.15. The molecule has 0 saturated carbocycles. The number of aromatic amines is 2. The highest BCUT2D eigenvalue weighted by atomic mass is 16.5. The fourth-order valence-electron chi connectivity index (χ4n) is 4.74. The molecule has 3 aromatic carbocycles. The maximum absolute atomic E-state index is 12.6. The van der Waals surface area contributed by atoms with Crippen molar-refractivity contribution >= 4 is 22.6 Å². The Morgan fingerprint density at radius 2 is 1.67 bits per heavy atom. The molecular weight excluding hydrogens is 454 g/mol. The Bertz CT molecular complexity index is 1360. The summed E-state index contributed by atoms with van der Waals surface area (Å²) in [5.74, 6) is 1.48. The summed E-state index contributed by atoms with van der Waals surface area (Å²) in [4.78, 5) is 34.3. The minimum atomic E-state index is -0.177. The van der Waals surface area contributed by atoms with Gasteiger partial charge in [0.25, 0.3) is 0 Å². The van der Waals surface area contributed by atoms with Crippen molar-refractivity contribution < 1.29 is 9.53 Å². The van der Waals surface area contributed by atoms with Gasteiger partial charge >= 0.3 is 5.69 Å². The number of likely N-dealkylation sites (tertiary alicyclic amines) is 1. The molecule has 8 nitrogen and oxygen atoms in total. The number of nitrogens with zero attached hydrogens (tertiary/aromatic N) is 2. The molecular formula is C28H31N5O3. The van der Waals surface area contributed by atoms with Crippen LogP contribution in [0.4, 0.5) is 5.69 Å². The van der Waals surface area contributed by atoms with Crippen LogP contribution in [0, 0.1) is 0 Å². The maximum atomic E-state index is 12.6. The number of ether oxygens (including phenoxy) is 1. The Morgan fingerprint density at radius 1 is 0.972 bits per heavy atom. The number of hydrogen-bond donors (Lipinski definition) is 3. The minimum Gasteiger partial charge on any atom is -0.457 e. The fourth-order valence-corrected chi connectivity index (χ4v) is 4.74. The third kappa shape index (κ3) is 6.02. The number of carbonyl (C=O) groups is 1. The van der Waals surface area contributed by atoms with Crippen LogP contribution in [0.3, 0.4) is 0 Å². The SMILES string of the molecule is CN(CC(=O)Nc1ccc(Oc2ccccc2)cc1)C1CCN(Cc2ccc3[nH]c(=O)[nH]c3c2)CC1. The second kappa shape index (κ2) is 10.8. The van der Waals surface area contributed by atoms with Gasteiger partial charge in [0.15, 0.2) is 0 Å². The molecule has 0 spiro atoms. The highest BCUT2D eigenvalue weighted by molar-refractivity contribution is 5.92. The van der Waals surface area contributed by atoms with Gasteiger partial charge in [0.1, 0.15) is 11.5 Å². The number of likely N-dealkylation sites (N-methyl/N-ethyl adjacent to an activating group) is 1. The molecule has 1 fully saturated rings. The van der Waals surface area contributed by atoms with Gasteiger partial charge in [-0.15, -0.1) is 0 Å². The smallest absolute Gasteiger partial charge is 0.323 e. The molecule has 1 saturated heterocycles. The van der Waals surface area contributed by atoms with Crippen molar-refractivity contribution in [2.75, 3.05) is 32.0 Å². The number of fused-ring (bicyclic) bond motifs is 1. The summed E-state index contributed by atoms with van der Waals surface area (Å²) in [5.41, 5.74) is 3.44. The molecule has 186 valence electrons. The zero-order chi connectivity index (χ0) is 24.9. The van der Waals surface area contributed by atoms with Crippen LogP contribution in [-0.4, -0.2) is 58.4 Å². The molecule has 1 amide bonds. The van der Waals surface area contributed by atoms with Crippen LogP contribution in [0.1, 0.15) is 18.4 Å². The minimum absolute atomic E-state index is 0.0227. The first kappa shape index (κ1) is 23.8. The summed E-state index contributed by atoms with van der Waals surface area (Å²) in [5, 5.41) is 2.99. The summed E-state index contributed by atoms with van der Waals surface area (Å²) >= 11 is 0. The van der Waals surface area contributed by atoms with E-state index in [-0.39, 0.29) is 11.6 Å². The Hall–Kier alpha value is -3.88. The van der Waals surface area contributed by atoms with Crippen LogP contribution < -0.4 is 15.7 Å². The number of H-pyrrole nitrogens is 2. The van der Waals surface area contributed by atoms with Crippen LogP contribution in [0.25, 0.3) is 11.0 Å². The van der Waals surface area contributed by atoms with Crippen LogP contribution in [0.5, 0.6) is 11.5 Å². The lowest BCUT2D eigenvalue weighted by Crippen LogP contribution is -2.45. The van der Waals surface area contributed by atoms with E-state index in [4.69, 9.17) is 4.74 Å². The lowest BCUT2D eigenvalue weighted by molar-refractivity contribution is -0.117. The number of amides is 1. The summed E-state index contributed by atoms with van der Waals surface area (Å²) < 4.78 is 5.81. The number of carbonyl (C=O) groups excluding carboxylic acids is 1. The number of imidazole rings is 1. The first-order valence-electron chi connectivity index (χ1n) is 12.3. The van der Waals surface area contributed by atoms with Gasteiger partial charge in [0.05, 0.1) is 17.6 Å². The normalized spacial score (nSPS) is 14.8. The summed E-state index contributed by atoms with van der Waals surface area (Å²) in [7, 11) is 2.02. The van der Waals surface area contributed by atoms with Gasteiger partial charge in [0, 0.05) is 18.3 Å². The van der Waals surface area contributed by atoms with Crippen molar-refractivity contribution in [3.8, 4) is 11.5 Å². The summed E-state index contributed by atoms with van der Waals surface area (Å²) in [6.07, 6.45) is 2.02. The first-order chi connectivity index (χ1) is 17.5. The van der Waals surface area contributed by atoms with E-state index in [9.17, 15) is 9.59 Å². The highest BCUT2D eigenvalue weighted by Crippen LogP contribution is 2.23. The van der Waals surface area contributed by atoms with Gasteiger partial charge in [-0.05, 0) is 87.1 Å². The monoisotopic (exact) mass is 485 g/mol. The van der Waals surface area contributed by atoms with E-state index < -0.39 is 0 Å². The number of hydrogen-bond acceptors (Lipinski definition) is 5. The van der Waals surface area contributed by atoms with Gasteiger partial charge in [0.2, 0.25) is 5.91 Å². The van der Waals surface area contributed by atoms with Crippen LogP contribution in [0.2, 0.25) is 0 Å². The van der Waals surface area contributed by atoms with E-state index in [1.54, 1.807) is 0 Å². The molecule has 1 aliphatic heterocycles. The lowest BCUT2D eigenvalue weighted by Gasteiger charge is -2.36. The Labute approximate surface area is 209 Å². The molecule has 0 atom stereocenters. The lowest BCUT2D eigenvalue weighted by atomic mass is 10.0. The predicted octanol–water partition coefficient (Wildman–Crippen LogP) is 4.18. The van der Waals surface area contributed by atoms with Gasteiger partial charge in [-0.3, -0.25) is 14.6 Å². The van der Waals surface area contributed by atoms with Crippen LogP contribution in [0.15, 0.2) is 77.6 Å². The molecule has 0 bridgehead atoms. The molecule has 0 aliphatic carbocycles. The molecule has 2 heterocycles. The molecule has 3 N–H and O–H groups in total. The number of anilines is 1. The average molecular weight is 486 g/mol. The molecule has 0 unspecified atom stereocenters. The standard InChI is InChI=1S/C28H31N5O3/c1-32(19-27(34)29-21-8-10-24(11-9-21)36-23-5-3-2-4-6-23)22-13-15-33(16-14-22)18-20-7-12-25-26(17-20)31-28(35)30-25/h2-12,17,22H,13-16,18-19H2,1H3,(H,29,34)(H2,30,31,35). The number of benzene rings is 3. The van der Waals surface area contributed by atoms with Crippen molar-refractivity contribution in [2.45, 2.75) is 25.4 Å². The van der Waals surface area contributed by atoms with Crippen molar-refractivity contribution in [1.82, 2.24) is 19.8 Å². The molecule has 4 aromatic rings. The second-order valence-electron chi connectivity index (χ2n) is 9.37. The van der Waals surface area contributed by atoms with E-state index in [0.29, 0.717) is 12.6 Å². The van der Waals surface area contributed by atoms with Crippen molar-refractivity contribution in [3.05, 3.63) is 88.8 Å². The van der Waals surface area contributed by atoms with E-state index in [1.165, 1.54) is 5.56 Å². The zero-order valence-electron chi connectivity index (χ0n) is 20.4. The summed E-state index contributed by atoms with van der Waals surface area (Å²) in [6, 6.07) is 23.5. The quantitative estimate of drug-likeness (QED) is 0.348. The van der Waals surface area contributed by atoms with Crippen molar-refractivity contribution in [2.24, 2.45) is 0 Å². The number of piperidine rings is 1. The number of rotatable bonds is 8. The number of para-hydroxylation sites is 1. The van der Waals surface area contributed by atoms with Gasteiger partial charge in [-0.2, -0.15) is 0 Å². The molecule has 0 radical (unpaired) electrons. The van der Waals surface area contributed by atoms with E-state index in [1.807, 2.05) is 73.8 Å². The van der Waals surface area contributed by atoms with Gasteiger partial charge < -0.3 is 20.0 Å². The third-order valence-corrected chi connectivity index (χ3v) is 6.68. The Kier molecular flexibility index (Phi) is 7.16. The Balaban J connectivity index is 1.06. The number of aromatic nitrogens is 2. The van der Waals surface area contributed by atoms with Gasteiger partial charge in [-0.1, -0.05) is 24.3 Å². The molecule has 1 aromatic heterocycles. The van der Waals surface area contributed by atoms with E-state index in [2.05, 4.69) is 31.2 Å².